The zero-order valence-corrected chi connectivity index (χ0v) is 13.0. The third-order valence-electron chi connectivity index (χ3n) is 3.87. The predicted molar refractivity (Wildman–Crippen MR) is 90.3 cm³/mol. The second-order valence-corrected chi connectivity index (χ2v) is 5.47. The first-order valence-electron chi connectivity index (χ1n) is 7.62. The molecule has 0 saturated carbocycles. The summed E-state index contributed by atoms with van der Waals surface area (Å²) in [4.78, 5) is 12.0. The lowest BCUT2D eigenvalue weighted by Crippen LogP contribution is -2.04. The highest BCUT2D eigenvalue weighted by molar-refractivity contribution is 5.89. The second kappa shape index (κ2) is 6.27. The summed E-state index contributed by atoms with van der Waals surface area (Å²) in [5.74, 6) is -0.252. The number of hydrogen-bond acceptors (Lipinski definition) is 4. The molecule has 0 radical (unpaired) electrons. The van der Waals surface area contributed by atoms with E-state index in [4.69, 9.17) is 0 Å². The molecule has 2 aromatic carbocycles. The standard InChI is InChI=1S/C18H13F2N5/c19-14-3-1-2-13-17(14)23-10-24-18(13)22-9-12-4-5-16(15(20)8-12)25-7-6-21-11-25/h1-8,10-11H,9H2,(H,22,23,24). The molecule has 1 N–H and O–H groups in total. The molecular formula is C18H13F2N5. The Morgan fingerprint density at radius 2 is 1.96 bits per heavy atom. The van der Waals surface area contributed by atoms with Gasteiger partial charge < -0.3 is 9.88 Å². The first-order chi connectivity index (χ1) is 12.2. The van der Waals surface area contributed by atoms with Gasteiger partial charge in [-0.15, -0.1) is 0 Å². The molecule has 2 heterocycles. The molecule has 4 rings (SSSR count). The molecule has 124 valence electrons. The van der Waals surface area contributed by atoms with Crippen LogP contribution in [0.3, 0.4) is 0 Å². The third kappa shape index (κ3) is 2.91. The Labute approximate surface area is 142 Å². The molecule has 0 aliphatic rings. The van der Waals surface area contributed by atoms with Crippen molar-refractivity contribution in [3.05, 3.63) is 78.6 Å². The van der Waals surface area contributed by atoms with E-state index in [0.717, 1.165) is 5.56 Å². The summed E-state index contributed by atoms with van der Waals surface area (Å²) in [5, 5.41) is 3.69. The summed E-state index contributed by atoms with van der Waals surface area (Å²) in [6.45, 7) is 0.351. The van der Waals surface area contributed by atoms with Crippen LogP contribution in [0.2, 0.25) is 0 Å². The van der Waals surface area contributed by atoms with Crippen molar-refractivity contribution in [1.82, 2.24) is 19.5 Å². The van der Waals surface area contributed by atoms with Crippen LogP contribution >= 0.6 is 0 Å². The van der Waals surface area contributed by atoms with Crippen molar-refractivity contribution in [2.24, 2.45) is 0 Å². The number of nitrogens with one attached hydrogen (secondary N) is 1. The maximum Gasteiger partial charge on any atom is 0.149 e. The second-order valence-electron chi connectivity index (χ2n) is 5.47. The number of rotatable bonds is 4. The van der Waals surface area contributed by atoms with E-state index in [1.165, 1.54) is 24.8 Å². The Morgan fingerprint density at radius 3 is 2.76 bits per heavy atom. The highest BCUT2D eigenvalue weighted by Crippen LogP contribution is 2.22. The predicted octanol–water partition coefficient (Wildman–Crippen LogP) is 3.71. The van der Waals surface area contributed by atoms with E-state index in [2.05, 4.69) is 20.3 Å². The van der Waals surface area contributed by atoms with Crippen LogP contribution in [0.5, 0.6) is 0 Å². The lowest BCUT2D eigenvalue weighted by Gasteiger charge is -2.10. The van der Waals surface area contributed by atoms with Crippen molar-refractivity contribution in [3.8, 4) is 5.69 Å². The summed E-state index contributed by atoms with van der Waals surface area (Å²) in [6.07, 6.45) is 6.11. The van der Waals surface area contributed by atoms with Crippen molar-refractivity contribution in [1.29, 1.82) is 0 Å². The Morgan fingerprint density at radius 1 is 1.04 bits per heavy atom. The Bertz CT molecular complexity index is 1030. The first kappa shape index (κ1) is 15.2. The Balaban J connectivity index is 1.58. The molecule has 7 heteroatoms. The van der Waals surface area contributed by atoms with Gasteiger partial charge in [0.05, 0.1) is 12.0 Å². The maximum atomic E-state index is 14.3. The lowest BCUT2D eigenvalue weighted by atomic mass is 10.2. The summed E-state index contributed by atoms with van der Waals surface area (Å²) in [6, 6.07) is 9.64. The fraction of sp³-hybridized carbons (Fsp3) is 0.0556. The van der Waals surface area contributed by atoms with Crippen LogP contribution in [-0.4, -0.2) is 19.5 Å². The molecule has 25 heavy (non-hydrogen) atoms. The minimum Gasteiger partial charge on any atom is -0.365 e. The van der Waals surface area contributed by atoms with Gasteiger partial charge in [0.1, 0.15) is 29.3 Å². The van der Waals surface area contributed by atoms with Crippen molar-refractivity contribution in [2.45, 2.75) is 6.54 Å². The number of halogens is 2. The van der Waals surface area contributed by atoms with Crippen molar-refractivity contribution < 1.29 is 8.78 Å². The van der Waals surface area contributed by atoms with Gasteiger partial charge in [0.15, 0.2) is 0 Å². The fourth-order valence-corrected chi connectivity index (χ4v) is 2.65. The van der Waals surface area contributed by atoms with E-state index in [1.807, 2.05) is 6.07 Å². The molecule has 0 saturated heterocycles. The number of anilines is 1. The molecule has 0 aliphatic heterocycles. The van der Waals surface area contributed by atoms with Crippen LogP contribution in [0.15, 0.2) is 61.4 Å². The number of hydrogen-bond donors (Lipinski definition) is 1. The number of para-hydroxylation sites is 1. The number of nitrogens with zero attached hydrogens (tertiary/aromatic N) is 4. The zero-order chi connectivity index (χ0) is 17.2. The van der Waals surface area contributed by atoms with E-state index in [1.54, 1.807) is 35.2 Å². The van der Waals surface area contributed by atoms with Gasteiger partial charge in [-0.05, 0) is 29.8 Å². The smallest absolute Gasteiger partial charge is 0.149 e. The molecule has 0 bridgehead atoms. The zero-order valence-electron chi connectivity index (χ0n) is 13.0. The molecule has 0 fully saturated rings. The molecule has 0 atom stereocenters. The highest BCUT2D eigenvalue weighted by atomic mass is 19.1. The molecule has 4 aromatic rings. The van der Waals surface area contributed by atoms with Gasteiger partial charge in [-0.3, -0.25) is 0 Å². The Kier molecular flexibility index (Phi) is 3.81. The van der Waals surface area contributed by atoms with Gasteiger partial charge in [-0.25, -0.2) is 23.7 Å². The minimum atomic E-state index is -0.404. The molecule has 5 nitrogen and oxygen atoms in total. The maximum absolute atomic E-state index is 14.3. The van der Waals surface area contributed by atoms with Crippen molar-refractivity contribution in [3.63, 3.8) is 0 Å². The van der Waals surface area contributed by atoms with Gasteiger partial charge in [0.2, 0.25) is 0 Å². The summed E-state index contributed by atoms with van der Waals surface area (Å²) >= 11 is 0. The molecule has 2 aromatic heterocycles. The largest absolute Gasteiger partial charge is 0.365 e. The number of aromatic nitrogens is 4. The topological polar surface area (TPSA) is 55.6 Å². The van der Waals surface area contributed by atoms with E-state index in [0.29, 0.717) is 23.4 Å². The molecular weight excluding hydrogens is 324 g/mol. The SMILES string of the molecule is Fc1cc(CNc2ncnc3c(F)cccc23)ccc1-n1ccnc1. The summed E-state index contributed by atoms with van der Waals surface area (Å²) in [5.41, 5.74) is 1.42. The molecule has 0 aliphatic carbocycles. The number of benzene rings is 2. The molecule has 0 unspecified atom stereocenters. The quantitative estimate of drug-likeness (QED) is 0.617. The third-order valence-corrected chi connectivity index (χ3v) is 3.87. The first-order valence-corrected chi connectivity index (χ1v) is 7.62. The summed E-state index contributed by atoms with van der Waals surface area (Å²) in [7, 11) is 0. The monoisotopic (exact) mass is 337 g/mol. The van der Waals surface area contributed by atoms with E-state index >= 15 is 0 Å². The van der Waals surface area contributed by atoms with Gasteiger partial charge >= 0.3 is 0 Å². The average molecular weight is 337 g/mol. The van der Waals surface area contributed by atoms with Crippen molar-refractivity contribution >= 4 is 16.7 Å². The van der Waals surface area contributed by atoms with Crippen LogP contribution in [-0.2, 0) is 6.54 Å². The average Bonchev–Trinajstić information content (AvgIpc) is 3.15. The van der Waals surface area contributed by atoms with Gasteiger partial charge in [-0.1, -0.05) is 12.1 Å². The van der Waals surface area contributed by atoms with E-state index in [9.17, 15) is 8.78 Å². The van der Waals surface area contributed by atoms with Crippen LogP contribution in [0.1, 0.15) is 5.56 Å². The summed E-state index contributed by atoms with van der Waals surface area (Å²) < 4.78 is 29.7. The van der Waals surface area contributed by atoms with Gasteiger partial charge in [0.25, 0.3) is 0 Å². The highest BCUT2D eigenvalue weighted by Gasteiger charge is 2.09. The number of imidazole rings is 1. The van der Waals surface area contributed by atoms with Crippen molar-refractivity contribution in [2.75, 3.05) is 5.32 Å². The fourth-order valence-electron chi connectivity index (χ4n) is 2.65. The molecule has 0 spiro atoms. The van der Waals surface area contributed by atoms with Crippen LogP contribution in [0.4, 0.5) is 14.6 Å². The van der Waals surface area contributed by atoms with Gasteiger partial charge in [-0.2, -0.15) is 0 Å². The van der Waals surface area contributed by atoms with E-state index < -0.39 is 5.82 Å². The van der Waals surface area contributed by atoms with Crippen LogP contribution in [0, 0.1) is 11.6 Å². The molecule has 0 amide bonds. The van der Waals surface area contributed by atoms with Gasteiger partial charge in [0, 0.05) is 24.3 Å². The lowest BCUT2D eigenvalue weighted by molar-refractivity contribution is 0.616. The van der Waals surface area contributed by atoms with Crippen LogP contribution < -0.4 is 5.32 Å². The normalized spacial score (nSPS) is 11.0. The Hall–Kier alpha value is -3.35. The van der Waals surface area contributed by atoms with Crippen LogP contribution in [0.25, 0.3) is 16.6 Å². The minimum absolute atomic E-state index is 0.252. The number of fused-ring (bicyclic) bond motifs is 1. The van der Waals surface area contributed by atoms with E-state index in [-0.39, 0.29) is 11.3 Å².